The van der Waals surface area contributed by atoms with E-state index >= 15 is 0 Å². The first kappa shape index (κ1) is 20.7. The molecule has 3 aromatic rings. The lowest BCUT2D eigenvalue weighted by Crippen LogP contribution is -2.31. The molecule has 0 bridgehead atoms. The molecule has 0 radical (unpaired) electrons. The maximum atomic E-state index is 12.6. The number of carbonyl (C=O) groups excluding carboxylic acids is 1. The van der Waals surface area contributed by atoms with Crippen LogP contribution in [0.25, 0.3) is 0 Å². The number of hydrogen-bond acceptors (Lipinski definition) is 7. The van der Waals surface area contributed by atoms with Crippen LogP contribution < -0.4 is 9.46 Å². The Labute approximate surface area is 173 Å². The number of anilines is 1. The third-order valence-corrected chi connectivity index (χ3v) is 6.12. The summed E-state index contributed by atoms with van der Waals surface area (Å²) in [6.45, 7) is 4.74. The third kappa shape index (κ3) is 5.09. The van der Waals surface area contributed by atoms with Gasteiger partial charge in [-0.05, 0) is 50.2 Å². The van der Waals surface area contributed by atoms with Crippen LogP contribution in [0.2, 0.25) is 0 Å². The van der Waals surface area contributed by atoms with E-state index in [1.807, 2.05) is 32.0 Å². The highest BCUT2D eigenvalue weighted by Gasteiger charge is 2.21. The van der Waals surface area contributed by atoms with Crippen molar-refractivity contribution in [3.63, 3.8) is 0 Å². The fraction of sp³-hybridized carbons (Fsp3) is 0.211. The van der Waals surface area contributed by atoms with Gasteiger partial charge in [0.25, 0.3) is 15.9 Å². The van der Waals surface area contributed by atoms with E-state index in [9.17, 15) is 13.2 Å². The van der Waals surface area contributed by atoms with Crippen molar-refractivity contribution in [1.29, 1.82) is 0 Å². The standard InChI is InChI=1S/C19H20N4O4S2/c1-3-23(4-2)18(24)17-20-19(28-21-17)22-29(25,26)16-12-10-15(11-13-16)27-14-8-6-5-7-9-14/h5-13H,3-4H2,1-2H3,(H,20,21,22). The number of rotatable bonds is 8. The number of nitrogens with zero attached hydrogens (tertiary/aromatic N) is 3. The Kier molecular flexibility index (Phi) is 6.45. The predicted molar refractivity (Wildman–Crippen MR) is 111 cm³/mol. The molecule has 10 heteroatoms. The molecule has 0 saturated carbocycles. The number of nitrogens with one attached hydrogen (secondary N) is 1. The average molecular weight is 433 g/mol. The molecule has 0 unspecified atom stereocenters. The van der Waals surface area contributed by atoms with Crippen LogP contribution in [0.3, 0.4) is 0 Å². The van der Waals surface area contributed by atoms with Crippen LogP contribution in [0, 0.1) is 0 Å². The first-order valence-electron chi connectivity index (χ1n) is 8.91. The Morgan fingerprint density at radius 2 is 1.66 bits per heavy atom. The minimum Gasteiger partial charge on any atom is -0.457 e. The Morgan fingerprint density at radius 3 is 2.28 bits per heavy atom. The summed E-state index contributed by atoms with van der Waals surface area (Å²) in [7, 11) is -3.87. The molecular weight excluding hydrogens is 412 g/mol. The van der Waals surface area contributed by atoms with Crippen LogP contribution in [0.15, 0.2) is 59.5 Å². The normalized spacial score (nSPS) is 11.1. The van der Waals surface area contributed by atoms with Gasteiger partial charge in [0.1, 0.15) is 11.5 Å². The predicted octanol–water partition coefficient (Wildman–Crippen LogP) is 3.61. The monoisotopic (exact) mass is 432 g/mol. The van der Waals surface area contributed by atoms with Gasteiger partial charge in [0.2, 0.25) is 11.0 Å². The lowest BCUT2D eigenvalue weighted by molar-refractivity contribution is 0.0762. The van der Waals surface area contributed by atoms with E-state index in [-0.39, 0.29) is 21.8 Å². The largest absolute Gasteiger partial charge is 0.457 e. The topological polar surface area (TPSA) is 101 Å². The zero-order valence-electron chi connectivity index (χ0n) is 15.9. The van der Waals surface area contributed by atoms with Crippen molar-refractivity contribution in [2.75, 3.05) is 17.8 Å². The highest BCUT2D eigenvalue weighted by molar-refractivity contribution is 7.93. The molecule has 0 saturated heterocycles. The smallest absolute Gasteiger partial charge is 0.292 e. The number of sulfonamides is 1. The summed E-state index contributed by atoms with van der Waals surface area (Å²) in [4.78, 5) is 17.9. The summed E-state index contributed by atoms with van der Waals surface area (Å²) >= 11 is 0.819. The van der Waals surface area contributed by atoms with Gasteiger partial charge < -0.3 is 9.64 Å². The fourth-order valence-corrected chi connectivity index (χ4v) is 4.27. The number of para-hydroxylation sites is 1. The number of ether oxygens (including phenoxy) is 1. The summed E-state index contributed by atoms with van der Waals surface area (Å²) in [5.74, 6) is 0.806. The van der Waals surface area contributed by atoms with E-state index in [2.05, 4.69) is 14.1 Å². The zero-order chi connectivity index (χ0) is 20.9. The molecule has 0 aliphatic rings. The minimum absolute atomic E-state index is 0.0250. The van der Waals surface area contributed by atoms with E-state index in [0.717, 1.165) is 11.5 Å². The number of aromatic nitrogens is 2. The van der Waals surface area contributed by atoms with Gasteiger partial charge in [0.05, 0.1) is 4.90 Å². The zero-order valence-corrected chi connectivity index (χ0v) is 17.5. The van der Waals surface area contributed by atoms with Crippen LogP contribution in [0.5, 0.6) is 11.5 Å². The van der Waals surface area contributed by atoms with Crippen LogP contribution in [0.4, 0.5) is 5.13 Å². The van der Waals surface area contributed by atoms with Crippen molar-refractivity contribution in [2.45, 2.75) is 18.7 Å². The molecule has 0 aliphatic heterocycles. The summed E-state index contributed by atoms with van der Waals surface area (Å²) in [5.41, 5.74) is 0. The Morgan fingerprint density at radius 1 is 1.03 bits per heavy atom. The van der Waals surface area contributed by atoms with Gasteiger partial charge in [-0.3, -0.25) is 9.52 Å². The Bertz CT molecular complexity index is 1060. The molecule has 1 N–H and O–H groups in total. The molecule has 3 rings (SSSR count). The van der Waals surface area contributed by atoms with Crippen molar-refractivity contribution in [3.05, 3.63) is 60.4 Å². The van der Waals surface area contributed by atoms with Crippen LogP contribution in [-0.4, -0.2) is 41.7 Å². The lowest BCUT2D eigenvalue weighted by Gasteiger charge is -2.15. The number of benzene rings is 2. The molecule has 8 nitrogen and oxygen atoms in total. The van der Waals surface area contributed by atoms with Gasteiger partial charge in [0, 0.05) is 24.6 Å². The number of amides is 1. The van der Waals surface area contributed by atoms with Crippen LogP contribution >= 0.6 is 11.5 Å². The second-order valence-electron chi connectivity index (χ2n) is 5.89. The quantitative estimate of drug-likeness (QED) is 0.583. The van der Waals surface area contributed by atoms with E-state index in [4.69, 9.17) is 4.74 Å². The van der Waals surface area contributed by atoms with Crippen molar-refractivity contribution < 1.29 is 17.9 Å². The molecule has 0 spiro atoms. The van der Waals surface area contributed by atoms with Crippen LogP contribution in [-0.2, 0) is 10.0 Å². The maximum Gasteiger partial charge on any atom is 0.292 e. The van der Waals surface area contributed by atoms with E-state index < -0.39 is 10.0 Å². The first-order chi connectivity index (χ1) is 13.9. The van der Waals surface area contributed by atoms with Crippen molar-refractivity contribution in [1.82, 2.24) is 14.3 Å². The SMILES string of the molecule is CCN(CC)C(=O)c1nsc(NS(=O)(=O)c2ccc(Oc3ccccc3)cc2)n1. The summed E-state index contributed by atoms with van der Waals surface area (Å²) in [5, 5.41) is 0.0325. The second kappa shape index (κ2) is 9.01. The lowest BCUT2D eigenvalue weighted by atomic mass is 10.3. The van der Waals surface area contributed by atoms with Crippen LogP contribution in [0.1, 0.15) is 24.5 Å². The van der Waals surface area contributed by atoms with Crippen molar-refractivity contribution >= 4 is 32.6 Å². The molecule has 1 amide bonds. The van der Waals surface area contributed by atoms with Gasteiger partial charge in [-0.25, -0.2) is 8.42 Å². The van der Waals surface area contributed by atoms with Gasteiger partial charge in [0.15, 0.2) is 0 Å². The van der Waals surface area contributed by atoms with Crippen molar-refractivity contribution in [2.24, 2.45) is 0 Å². The third-order valence-electron chi connectivity index (χ3n) is 4.00. The van der Waals surface area contributed by atoms with Gasteiger partial charge in [-0.2, -0.15) is 9.36 Å². The molecule has 0 fully saturated rings. The van der Waals surface area contributed by atoms with E-state index in [1.54, 1.807) is 29.2 Å². The molecule has 29 heavy (non-hydrogen) atoms. The molecule has 0 atom stereocenters. The number of hydrogen-bond donors (Lipinski definition) is 1. The summed E-state index contributed by atoms with van der Waals surface area (Å²) in [6.07, 6.45) is 0. The molecule has 2 aromatic carbocycles. The second-order valence-corrected chi connectivity index (χ2v) is 8.33. The molecule has 1 aromatic heterocycles. The summed E-state index contributed by atoms with van der Waals surface area (Å²) < 4.78 is 37.2. The van der Waals surface area contributed by atoms with Gasteiger partial charge >= 0.3 is 0 Å². The van der Waals surface area contributed by atoms with E-state index in [0.29, 0.717) is 24.6 Å². The van der Waals surface area contributed by atoms with Gasteiger partial charge in [-0.1, -0.05) is 18.2 Å². The van der Waals surface area contributed by atoms with E-state index in [1.165, 1.54) is 12.1 Å². The highest BCUT2D eigenvalue weighted by Crippen LogP contribution is 2.24. The Balaban J connectivity index is 1.70. The summed E-state index contributed by atoms with van der Waals surface area (Å²) in [6, 6.07) is 15.2. The van der Waals surface area contributed by atoms with Gasteiger partial charge in [-0.15, -0.1) is 0 Å². The molecular formula is C19H20N4O4S2. The fourth-order valence-electron chi connectivity index (χ4n) is 2.49. The number of carbonyl (C=O) groups is 1. The first-order valence-corrected chi connectivity index (χ1v) is 11.2. The Hall–Kier alpha value is -2.98. The minimum atomic E-state index is -3.87. The molecule has 152 valence electrons. The van der Waals surface area contributed by atoms with Crippen molar-refractivity contribution in [3.8, 4) is 11.5 Å². The maximum absolute atomic E-state index is 12.6. The average Bonchev–Trinajstić information content (AvgIpc) is 3.18. The highest BCUT2D eigenvalue weighted by atomic mass is 32.2. The molecule has 0 aliphatic carbocycles. The molecule has 1 heterocycles.